The molecule has 8 nitrogen and oxygen atoms in total. The lowest BCUT2D eigenvalue weighted by Gasteiger charge is -2.40. The molecule has 0 aromatic heterocycles. The van der Waals surface area contributed by atoms with Gasteiger partial charge in [0.15, 0.2) is 0 Å². The molecule has 0 saturated heterocycles. The molecule has 0 aliphatic heterocycles. The molecule has 0 saturated carbocycles. The number of hydrogen-bond acceptors (Lipinski definition) is 5. The zero-order chi connectivity index (χ0) is 24.6. The number of hydrogen-bond donors (Lipinski definition) is 2. The van der Waals surface area contributed by atoms with Crippen LogP contribution in [0.25, 0.3) is 0 Å². The maximum absolute atomic E-state index is 13.0. The second-order valence-corrected chi connectivity index (χ2v) is 11.0. The molecule has 0 aliphatic carbocycles. The van der Waals surface area contributed by atoms with Crippen LogP contribution in [0.4, 0.5) is 4.79 Å². The molecule has 182 valence electrons. The monoisotopic (exact) mass is 477 g/mol. The van der Waals surface area contributed by atoms with Gasteiger partial charge in [0.2, 0.25) is 0 Å². The smallest absolute Gasteiger partial charge is 0.405 e. The van der Waals surface area contributed by atoms with E-state index in [1.165, 1.54) is 18.4 Å². The molecule has 1 amide bonds. The number of rotatable bonds is 12. The topological polar surface area (TPSA) is 113 Å². The summed E-state index contributed by atoms with van der Waals surface area (Å²) in [5.74, 6) is 0.0154. The standard InChI is InChI=1S/C24H35N3O5S/c1-19(2)17-27(33(30,31)26(3)4)18-22(28)24(32-23(25)29,15-20-11-7-5-8-12-20)16-21-13-9-6-10-14-21/h5-14,19,22,28H,15-18H2,1-4H3,(H2,25,29)/t22-/m1/s1. The summed E-state index contributed by atoms with van der Waals surface area (Å²) >= 11 is 0. The van der Waals surface area contributed by atoms with Crippen molar-refractivity contribution in [2.24, 2.45) is 11.7 Å². The Morgan fingerprint density at radius 3 is 1.79 bits per heavy atom. The fourth-order valence-corrected chi connectivity index (χ4v) is 5.06. The van der Waals surface area contributed by atoms with Crippen LogP contribution in [-0.2, 0) is 27.8 Å². The van der Waals surface area contributed by atoms with Crippen LogP contribution < -0.4 is 5.73 Å². The van der Waals surface area contributed by atoms with Crippen molar-refractivity contribution >= 4 is 16.3 Å². The van der Waals surface area contributed by atoms with Gasteiger partial charge in [-0.2, -0.15) is 17.0 Å². The fourth-order valence-electron chi connectivity index (χ4n) is 3.78. The number of nitrogens with two attached hydrogens (primary N) is 1. The second-order valence-electron chi connectivity index (χ2n) is 8.83. The third kappa shape index (κ3) is 7.53. The summed E-state index contributed by atoms with van der Waals surface area (Å²) in [6.45, 7) is 3.73. The van der Waals surface area contributed by atoms with E-state index in [1.54, 1.807) is 0 Å². The summed E-state index contributed by atoms with van der Waals surface area (Å²) in [5.41, 5.74) is 5.61. The van der Waals surface area contributed by atoms with Crippen molar-refractivity contribution in [3.8, 4) is 0 Å². The first kappa shape index (κ1) is 26.8. The molecule has 1 atom stereocenters. The summed E-state index contributed by atoms with van der Waals surface area (Å²) in [5, 5.41) is 11.5. The van der Waals surface area contributed by atoms with Crippen molar-refractivity contribution in [2.45, 2.75) is 38.4 Å². The number of carbonyl (C=O) groups is 1. The van der Waals surface area contributed by atoms with Crippen molar-refractivity contribution in [3.05, 3.63) is 71.8 Å². The van der Waals surface area contributed by atoms with Gasteiger partial charge in [0.05, 0.1) is 0 Å². The van der Waals surface area contributed by atoms with Gasteiger partial charge in [0.1, 0.15) is 11.7 Å². The number of amides is 1. The summed E-state index contributed by atoms with van der Waals surface area (Å²) in [4.78, 5) is 12.0. The molecule has 2 rings (SSSR count). The first-order valence-corrected chi connectivity index (χ1v) is 12.3. The Morgan fingerprint density at radius 1 is 0.970 bits per heavy atom. The van der Waals surface area contributed by atoms with Gasteiger partial charge >= 0.3 is 6.09 Å². The predicted molar refractivity (Wildman–Crippen MR) is 129 cm³/mol. The van der Waals surface area contributed by atoms with Crippen molar-refractivity contribution in [1.29, 1.82) is 0 Å². The third-order valence-corrected chi connectivity index (χ3v) is 7.21. The molecule has 0 spiro atoms. The van der Waals surface area contributed by atoms with Crippen molar-refractivity contribution in [3.63, 3.8) is 0 Å². The number of benzene rings is 2. The van der Waals surface area contributed by atoms with E-state index in [9.17, 15) is 18.3 Å². The number of aliphatic hydroxyl groups is 1. The average molecular weight is 478 g/mol. The minimum absolute atomic E-state index is 0.0154. The lowest BCUT2D eigenvalue weighted by molar-refractivity contribution is -0.0840. The predicted octanol–water partition coefficient (Wildman–Crippen LogP) is 2.43. The Labute approximate surface area is 197 Å². The Morgan fingerprint density at radius 2 is 1.42 bits per heavy atom. The molecule has 3 N–H and O–H groups in total. The largest absolute Gasteiger partial charge is 0.440 e. The number of ether oxygens (including phenoxy) is 1. The van der Waals surface area contributed by atoms with Gasteiger partial charge in [0, 0.05) is 40.0 Å². The molecule has 0 unspecified atom stereocenters. The highest BCUT2D eigenvalue weighted by Crippen LogP contribution is 2.29. The Hall–Kier alpha value is -2.46. The van der Waals surface area contributed by atoms with Crippen molar-refractivity contribution in [2.75, 3.05) is 27.2 Å². The van der Waals surface area contributed by atoms with E-state index in [0.717, 1.165) is 15.4 Å². The SMILES string of the molecule is CC(C)CN(C[C@@H](O)C(Cc1ccccc1)(Cc1ccccc1)OC(N)=O)S(=O)(=O)N(C)C. The molecule has 0 aliphatic rings. The number of carbonyl (C=O) groups excluding carboxylic acids is 1. The highest BCUT2D eigenvalue weighted by atomic mass is 32.2. The molecular weight excluding hydrogens is 442 g/mol. The normalized spacial score (nSPS) is 13.5. The van der Waals surface area contributed by atoms with Gasteiger partial charge in [-0.25, -0.2) is 4.79 Å². The van der Waals surface area contributed by atoms with Gasteiger partial charge in [-0.05, 0) is 17.0 Å². The van der Waals surface area contributed by atoms with Crippen LogP contribution >= 0.6 is 0 Å². The van der Waals surface area contributed by atoms with E-state index >= 15 is 0 Å². The van der Waals surface area contributed by atoms with Crippen LogP contribution in [0, 0.1) is 5.92 Å². The van der Waals surface area contributed by atoms with E-state index in [-0.39, 0.29) is 31.8 Å². The first-order valence-electron chi connectivity index (χ1n) is 10.9. The first-order chi connectivity index (χ1) is 15.5. The van der Waals surface area contributed by atoms with E-state index in [1.807, 2.05) is 74.5 Å². The fraction of sp³-hybridized carbons (Fsp3) is 0.458. The maximum Gasteiger partial charge on any atom is 0.405 e. The summed E-state index contributed by atoms with van der Waals surface area (Å²) in [7, 11) is -0.947. The van der Waals surface area contributed by atoms with Crippen LogP contribution in [0.1, 0.15) is 25.0 Å². The Bertz CT molecular complexity index is 940. The third-order valence-electron chi connectivity index (χ3n) is 5.34. The van der Waals surface area contributed by atoms with E-state index < -0.39 is 28.0 Å². The lowest BCUT2D eigenvalue weighted by Crippen LogP contribution is -2.57. The molecule has 2 aromatic carbocycles. The quantitative estimate of drug-likeness (QED) is 0.487. The van der Waals surface area contributed by atoms with Gasteiger partial charge in [-0.1, -0.05) is 74.5 Å². The number of primary amides is 1. The summed E-state index contributed by atoms with van der Waals surface area (Å²) < 4.78 is 33.9. The Balaban J connectivity index is 2.53. The van der Waals surface area contributed by atoms with Crippen molar-refractivity contribution in [1.82, 2.24) is 8.61 Å². The second kappa shape index (κ2) is 11.6. The molecule has 9 heteroatoms. The Kier molecular flexibility index (Phi) is 9.42. The van der Waals surface area contributed by atoms with E-state index in [2.05, 4.69) is 0 Å². The van der Waals surface area contributed by atoms with Crippen LogP contribution in [0.2, 0.25) is 0 Å². The average Bonchev–Trinajstić information content (AvgIpc) is 2.73. The molecule has 0 radical (unpaired) electrons. The zero-order valence-electron chi connectivity index (χ0n) is 19.7. The molecular formula is C24H35N3O5S. The molecule has 0 fully saturated rings. The van der Waals surface area contributed by atoms with Gasteiger partial charge in [-0.15, -0.1) is 0 Å². The zero-order valence-corrected chi connectivity index (χ0v) is 20.5. The highest BCUT2D eigenvalue weighted by Gasteiger charge is 2.44. The minimum atomic E-state index is -3.83. The van der Waals surface area contributed by atoms with Crippen LogP contribution in [0.5, 0.6) is 0 Å². The van der Waals surface area contributed by atoms with Gasteiger partial charge in [0.25, 0.3) is 10.2 Å². The van der Waals surface area contributed by atoms with Crippen LogP contribution in [0.3, 0.4) is 0 Å². The van der Waals surface area contributed by atoms with Crippen LogP contribution in [-0.4, -0.2) is 67.1 Å². The summed E-state index contributed by atoms with van der Waals surface area (Å²) in [6.07, 6.45) is -2.07. The number of aliphatic hydroxyl groups excluding tert-OH is 1. The van der Waals surface area contributed by atoms with E-state index in [0.29, 0.717) is 0 Å². The van der Waals surface area contributed by atoms with Crippen molar-refractivity contribution < 1.29 is 23.1 Å². The number of nitrogens with zero attached hydrogens (tertiary/aromatic N) is 2. The molecule has 33 heavy (non-hydrogen) atoms. The maximum atomic E-state index is 13.0. The minimum Gasteiger partial charge on any atom is -0.440 e. The lowest BCUT2D eigenvalue weighted by atomic mass is 9.82. The van der Waals surface area contributed by atoms with E-state index in [4.69, 9.17) is 10.5 Å². The molecule has 2 aromatic rings. The van der Waals surface area contributed by atoms with Gasteiger partial charge < -0.3 is 15.6 Å². The molecule has 0 bridgehead atoms. The summed E-state index contributed by atoms with van der Waals surface area (Å²) in [6, 6.07) is 18.6. The van der Waals surface area contributed by atoms with Crippen LogP contribution in [0.15, 0.2) is 60.7 Å². The van der Waals surface area contributed by atoms with Gasteiger partial charge in [-0.3, -0.25) is 0 Å². The molecule has 0 heterocycles. The highest BCUT2D eigenvalue weighted by molar-refractivity contribution is 7.86.